The summed E-state index contributed by atoms with van der Waals surface area (Å²) in [6.45, 7) is 5.15. The van der Waals surface area contributed by atoms with Crippen molar-refractivity contribution in [3.8, 4) is 0 Å². The maximum atomic E-state index is 12.1. The van der Waals surface area contributed by atoms with Gasteiger partial charge < -0.3 is 21.7 Å². The van der Waals surface area contributed by atoms with E-state index >= 15 is 0 Å². The first kappa shape index (κ1) is 15.5. The average Bonchev–Trinajstić information content (AvgIpc) is 2.39. The van der Waals surface area contributed by atoms with Crippen molar-refractivity contribution in [3.63, 3.8) is 0 Å². The Balaban J connectivity index is 2.76. The number of guanidine groups is 1. The van der Waals surface area contributed by atoms with Crippen LogP contribution in [0.4, 0.5) is 10.5 Å². The number of hydrogen-bond donors (Lipinski definition) is 3. The minimum Gasteiger partial charge on any atom is -0.370 e. The molecule has 20 heavy (non-hydrogen) atoms. The molecule has 0 spiro atoms. The molecule has 7 heteroatoms. The van der Waals surface area contributed by atoms with E-state index in [4.69, 9.17) is 11.5 Å². The maximum Gasteiger partial charge on any atom is 0.348 e. The molecule has 0 atom stereocenters. The zero-order valence-corrected chi connectivity index (χ0v) is 11.6. The summed E-state index contributed by atoms with van der Waals surface area (Å²) in [6.07, 6.45) is 0. The van der Waals surface area contributed by atoms with Gasteiger partial charge in [-0.05, 0) is 38.1 Å². The molecule has 108 valence electrons. The molecule has 0 radical (unpaired) electrons. The number of carbonyl (C=O) groups is 2. The maximum absolute atomic E-state index is 12.1. The van der Waals surface area contributed by atoms with Gasteiger partial charge in [-0.15, -0.1) is 0 Å². The van der Waals surface area contributed by atoms with Crippen molar-refractivity contribution < 1.29 is 9.59 Å². The number of anilines is 1. The molecule has 1 aromatic rings. The van der Waals surface area contributed by atoms with E-state index in [-0.39, 0.29) is 11.9 Å². The standard InChI is InChI=1S/C13H19N5O2/c1-3-18(4-2)11(19)9-5-7-10(8-6-9)16-13(20)17-12(14)15/h5-8H,3-4H2,1-2H3,(H5,14,15,16,17,20). The van der Waals surface area contributed by atoms with Crippen LogP contribution in [0.1, 0.15) is 24.2 Å². The van der Waals surface area contributed by atoms with Crippen molar-refractivity contribution in [1.82, 2.24) is 4.90 Å². The summed E-state index contributed by atoms with van der Waals surface area (Å²) < 4.78 is 0. The molecule has 0 bridgehead atoms. The van der Waals surface area contributed by atoms with E-state index in [0.29, 0.717) is 24.3 Å². The third-order valence-electron chi connectivity index (χ3n) is 2.66. The Morgan fingerprint density at radius 2 is 1.70 bits per heavy atom. The number of nitrogens with zero attached hydrogens (tertiary/aromatic N) is 2. The predicted octanol–water partition coefficient (Wildman–Crippen LogP) is 0.974. The Kier molecular flexibility index (Phi) is 5.52. The first-order valence-corrected chi connectivity index (χ1v) is 6.27. The van der Waals surface area contributed by atoms with Crippen LogP contribution in [0.25, 0.3) is 0 Å². The topological polar surface area (TPSA) is 114 Å². The fourth-order valence-electron chi connectivity index (χ4n) is 1.66. The molecule has 0 unspecified atom stereocenters. The SMILES string of the molecule is CCN(CC)C(=O)c1ccc(NC(=O)N=C(N)N)cc1. The predicted molar refractivity (Wildman–Crippen MR) is 78.5 cm³/mol. The third kappa shape index (κ3) is 4.27. The Bertz CT molecular complexity index is 502. The largest absolute Gasteiger partial charge is 0.370 e. The van der Waals surface area contributed by atoms with E-state index in [9.17, 15) is 9.59 Å². The normalized spacial score (nSPS) is 9.70. The Labute approximate surface area is 117 Å². The molecule has 1 aromatic carbocycles. The van der Waals surface area contributed by atoms with Gasteiger partial charge >= 0.3 is 6.03 Å². The molecule has 0 aliphatic rings. The Hall–Kier alpha value is -2.57. The molecule has 0 fully saturated rings. The van der Waals surface area contributed by atoms with Crippen LogP contribution in [0, 0.1) is 0 Å². The van der Waals surface area contributed by atoms with Gasteiger partial charge in [-0.25, -0.2) is 4.79 Å². The van der Waals surface area contributed by atoms with E-state index in [1.807, 2.05) is 13.8 Å². The molecule has 0 saturated heterocycles. The van der Waals surface area contributed by atoms with Gasteiger partial charge in [-0.1, -0.05) is 0 Å². The summed E-state index contributed by atoms with van der Waals surface area (Å²) in [6, 6.07) is 5.87. The molecule has 1 rings (SSSR count). The first-order chi connectivity index (χ1) is 9.47. The highest BCUT2D eigenvalue weighted by molar-refractivity contribution is 5.99. The Morgan fingerprint density at radius 3 is 2.15 bits per heavy atom. The lowest BCUT2D eigenvalue weighted by atomic mass is 10.2. The van der Waals surface area contributed by atoms with E-state index in [1.54, 1.807) is 29.2 Å². The smallest absolute Gasteiger partial charge is 0.348 e. The van der Waals surface area contributed by atoms with Gasteiger partial charge in [-0.2, -0.15) is 4.99 Å². The van der Waals surface area contributed by atoms with E-state index < -0.39 is 6.03 Å². The van der Waals surface area contributed by atoms with Gasteiger partial charge in [0.25, 0.3) is 5.91 Å². The molecule has 3 amide bonds. The molecule has 7 nitrogen and oxygen atoms in total. The van der Waals surface area contributed by atoms with Gasteiger partial charge in [0.15, 0.2) is 5.96 Å². The first-order valence-electron chi connectivity index (χ1n) is 6.27. The molecular formula is C13H19N5O2. The van der Waals surface area contributed by atoms with Crippen LogP contribution in [0.3, 0.4) is 0 Å². The summed E-state index contributed by atoms with van der Waals surface area (Å²) >= 11 is 0. The number of benzene rings is 1. The van der Waals surface area contributed by atoms with Crippen molar-refractivity contribution in [3.05, 3.63) is 29.8 Å². The number of nitrogens with two attached hydrogens (primary N) is 2. The number of carbonyl (C=O) groups excluding carboxylic acids is 2. The van der Waals surface area contributed by atoms with Gasteiger partial charge in [0.1, 0.15) is 0 Å². The van der Waals surface area contributed by atoms with E-state index in [1.165, 1.54) is 0 Å². The van der Waals surface area contributed by atoms with Crippen molar-refractivity contribution in [2.24, 2.45) is 16.5 Å². The zero-order chi connectivity index (χ0) is 15.1. The number of aliphatic imine (C=N–C) groups is 1. The second-order valence-corrected chi connectivity index (χ2v) is 4.02. The number of rotatable bonds is 4. The van der Waals surface area contributed by atoms with Gasteiger partial charge in [0.05, 0.1) is 0 Å². The zero-order valence-electron chi connectivity index (χ0n) is 11.6. The number of urea groups is 1. The summed E-state index contributed by atoms with van der Waals surface area (Å²) in [5.74, 6) is -0.354. The van der Waals surface area contributed by atoms with Gasteiger partial charge in [0, 0.05) is 24.3 Å². The fourth-order valence-corrected chi connectivity index (χ4v) is 1.66. The van der Waals surface area contributed by atoms with E-state index in [0.717, 1.165) is 0 Å². The van der Waals surface area contributed by atoms with Crippen molar-refractivity contribution in [2.45, 2.75) is 13.8 Å². The molecule has 0 saturated carbocycles. The minimum absolute atomic E-state index is 0.0444. The summed E-state index contributed by atoms with van der Waals surface area (Å²) in [5, 5.41) is 2.49. The van der Waals surface area contributed by atoms with Crippen LogP contribution in [0.15, 0.2) is 29.3 Å². The van der Waals surface area contributed by atoms with Crippen LogP contribution >= 0.6 is 0 Å². The average molecular weight is 277 g/mol. The van der Waals surface area contributed by atoms with Crippen LogP contribution in [0.5, 0.6) is 0 Å². The van der Waals surface area contributed by atoms with Crippen molar-refractivity contribution >= 4 is 23.6 Å². The second kappa shape index (κ2) is 7.13. The van der Waals surface area contributed by atoms with Gasteiger partial charge in [-0.3, -0.25) is 4.79 Å². The van der Waals surface area contributed by atoms with E-state index in [2.05, 4.69) is 10.3 Å². The quantitative estimate of drug-likeness (QED) is 0.562. The number of hydrogen-bond acceptors (Lipinski definition) is 2. The van der Waals surface area contributed by atoms with Crippen LogP contribution in [-0.2, 0) is 0 Å². The second-order valence-electron chi connectivity index (χ2n) is 4.02. The molecule has 0 aliphatic carbocycles. The van der Waals surface area contributed by atoms with Crippen LogP contribution in [-0.4, -0.2) is 35.9 Å². The molecule has 0 heterocycles. The lowest BCUT2D eigenvalue weighted by molar-refractivity contribution is 0.0773. The summed E-state index contributed by atoms with van der Waals surface area (Å²) in [5.41, 5.74) is 11.3. The highest BCUT2D eigenvalue weighted by atomic mass is 16.2. The van der Waals surface area contributed by atoms with Crippen molar-refractivity contribution in [1.29, 1.82) is 0 Å². The highest BCUT2D eigenvalue weighted by Crippen LogP contribution is 2.12. The number of nitrogens with one attached hydrogen (secondary N) is 1. The molecular weight excluding hydrogens is 258 g/mol. The van der Waals surface area contributed by atoms with Gasteiger partial charge in [0.2, 0.25) is 0 Å². The van der Waals surface area contributed by atoms with Crippen LogP contribution in [0.2, 0.25) is 0 Å². The fraction of sp³-hybridized carbons (Fsp3) is 0.308. The lowest BCUT2D eigenvalue weighted by Crippen LogP contribution is -2.30. The van der Waals surface area contributed by atoms with Crippen LogP contribution < -0.4 is 16.8 Å². The number of amides is 3. The minimum atomic E-state index is -0.659. The highest BCUT2D eigenvalue weighted by Gasteiger charge is 2.12. The third-order valence-corrected chi connectivity index (χ3v) is 2.66. The molecule has 0 aliphatic heterocycles. The summed E-state index contributed by atoms with van der Waals surface area (Å²) in [4.78, 5) is 28.4. The molecule has 0 aromatic heterocycles. The Morgan fingerprint density at radius 1 is 1.15 bits per heavy atom. The summed E-state index contributed by atoms with van der Waals surface area (Å²) in [7, 11) is 0. The monoisotopic (exact) mass is 277 g/mol. The lowest BCUT2D eigenvalue weighted by Gasteiger charge is -2.18. The van der Waals surface area contributed by atoms with Crippen molar-refractivity contribution in [2.75, 3.05) is 18.4 Å². The molecule has 5 N–H and O–H groups in total.